The zero-order chi connectivity index (χ0) is 21.2. The molecule has 0 amide bonds. The first-order valence-electron chi connectivity index (χ1n) is 10.9. The van der Waals surface area contributed by atoms with Crippen LogP contribution in [-0.2, 0) is 4.79 Å². The Balaban J connectivity index is 1.61. The predicted molar refractivity (Wildman–Crippen MR) is 115 cm³/mol. The van der Waals surface area contributed by atoms with Crippen LogP contribution in [0.4, 0.5) is 8.78 Å². The quantitative estimate of drug-likeness (QED) is 0.461. The average molecular weight is 408 g/mol. The summed E-state index contributed by atoms with van der Waals surface area (Å²) in [5, 5.41) is 1.09. The Labute approximate surface area is 175 Å². The number of halogens is 2. The van der Waals surface area contributed by atoms with Crippen molar-refractivity contribution in [2.45, 2.75) is 58.3 Å². The van der Waals surface area contributed by atoms with Gasteiger partial charge in [-0.15, -0.1) is 0 Å². The van der Waals surface area contributed by atoms with Crippen molar-refractivity contribution in [3.8, 4) is 5.69 Å². The summed E-state index contributed by atoms with van der Waals surface area (Å²) in [7, 11) is 0. The molecule has 30 heavy (non-hydrogen) atoms. The Morgan fingerprint density at radius 2 is 1.63 bits per heavy atom. The van der Waals surface area contributed by atoms with Gasteiger partial charge >= 0.3 is 0 Å². The number of nitrogens with zero attached hydrogens (tertiary/aromatic N) is 1. The Hall–Kier alpha value is -2.49. The molecule has 0 atom stereocenters. The monoisotopic (exact) mass is 407 g/mol. The van der Waals surface area contributed by atoms with Crippen LogP contribution in [0.1, 0.15) is 69.5 Å². The highest BCUT2D eigenvalue weighted by molar-refractivity contribution is 5.88. The number of ketones is 1. The maximum absolute atomic E-state index is 14.2. The number of Topliss-reactive ketones (excluding diaryl/α,β-unsaturated/α-hetero) is 1. The summed E-state index contributed by atoms with van der Waals surface area (Å²) in [5.74, 6) is 0.672. The minimum atomic E-state index is -0.279. The maximum atomic E-state index is 14.2. The van der Waals surface area contributed by atoms with Gasteiger partial charge in [-0.2, -0.15) is 0 Å². The lowest BCUT2D eigenvalue weighted by molar-refractivity contribution is -0.133. The van der Waals surface area contributed by atoms with Gasteiger partial charge in [0.25, 0.3) is 0 Å². The normalized spacial score (nSPS) is 25.5. The van der Waals surface area contributed by atoms with Gasteiger partial charge in [-0.25, -0.2) is 8.78 Å². The summed E-state index contributed by atoms with van der Waals surface area (Å²) in [6.07, 6.45) is 4.22. The first kappa shape index (κ1) is 19.5. The van der Waals surface area contributed by atoms with Gasteiger partial charge in [0.1, 0.15) is 17.4 Å². The topological polar surface area (TPSA) is 22.0 Å². The number of fused-ring (bicyclic) bond motifs is 1. The Kier molecular flexibility index (Phi) is 4.39. The summed E-state index contributed by atoms with van der Waals surface area (Å²) in [4.78, 5) is 11.7. The van der Waals surface area contributed by atoms with Crippen molar-refractivity contribution in [1.29, 1.82) is 0 Å². The van der Waals surface area contributed by atoms with Gasteiger partial charge in [0.05, 0.1) is 5.52 Å². The Bertz CT molecular complexity index is 1130. The van der Waals surface area contributed by atoms with Crippen molar-refractivity contribution in [2.24, 2.45) is 11.3 Å². The van der Waals surface area contributed by atoms with Gasteiger partial charge < -0.3 is 4.57 Å². The molecule has 1 heterocycles. The molecule has 3 aromatic rings. The van der Waals surface area contributed by atoms with E-state index in [2.05, 4.69) is 18.4 Å². The molecule has 2 nitrogen and oxygen atoms in total. The molecule has 2 fully saturated rings. The fraction of sp³-hybridized carbons (Fsp3) is 0.423. The van der Waals surface area contributed by atoms with E-state index in [0.717, 1.165) is 42.3 Å². The van der Waals surface area contributed by atoms with Crippen LogP contribution >= 0.6 is 0 Å². The van der Waals surface area contributed by atoms with E-state index in [9.17, 15) is 13.6 Å². The van der Waals surface area contributed by atoms with Crippen molar-refractivity contribution in [3.05, 3.63) is 65.4 Å². The second-order valence-corrected chi connectivity index (χ2v) is 9.75. The second-order valence-electron chi connectivity index (χ2n) is 9.75. The summed E-state index contributed by atoms with van der Waals surface area (Å²) >= 11 is 0. The first-order valence-corrected chi connectivity index (χ1v) is 10.9. The molecular formula is C26H27F2NO. The van der Waals surface area contributed by atoms with E-state index in [-0.39, 0.29) is 23.5 Å². The van der Waals surface area contributed by atoms with E-state index in [1.54, 1.807) is 25.1 Å². The fourth-order valence-corrected chi connectivity index (χ4v) is 5.97. The third-order valence-electron chi connectivity index (χ3n) is 7.34. The standard InChI is InChI=1S/C26H27F2NO/c1-15(2)25-24(18-13-26(14-18)11-17(12-26)16(3)30)22-9-6-20(28)10-23(22)29(25)21-7-4-19(27)5-8-21/h4-10,15,17-18H,11-14H2,1-3H3. The summed E-state index contributed by atoms with van der Waals surface area (Å²) in [6, 6.07) is 11.5. The minimum absolute atomic E-state index is 0.239. The predicted octanol–water partition coefficient (Wildman–Crippen LogP) is 6.89. The lowest BCUT2D eigenvalue weighted by Crippen LogP contribution is -2.48. The molecule has 5 rings (SSSR count). The van der Waals surface area contributed by atoms with E-state index in [0.29, 0.717) is 17.1 Å². The molecule has 2 aromatic carbocycles. The van der Waals surface area contributed by atoms with Crippen molar-refractivity contribution < 1.29 is 13.6 Å². The summed E-state index contributed by atoms with van der Waals surface area (Å²) in [5.41, 5.74) is 4.51. The molecular weight excluding hydrogens is 380 g/mol. The van der Waals surface area contributed by atoms with Crippen LogP contribution < -0.4 is 0 Å². The van der Waals surface area contributed by atoms with Crippen LogP contribution in [0.3, 0.4) is 0 Å². The molecule has 156 valence electrons. The number of carbonyl (C=O) groups excluding carboxylic acids is 1. The Morgan fingerprint density at radius 3 is 2.23 bits per heavy atom. The number of hydrogen-bond acceptors (Lipinski definition) is 1. The zero-order valence-electron chi connectivity index (χ0n) is 17.7. The molecule has 2 saturated carbocycles. The highest BCUT2D eigenvalue weighted by atomic mass is 19.1. The highest BCUT2D eigenvalue weighted by Crippen LogP contribution is 2.65. The number of aromatic nitrogens is 1. The third-order valence-corrected chi connectivity index (χ3v) is 7.34. The van der Waals surface area contributed by atoms with Gasteiger partial charge in [0.2, 0.25) is 0 Å². The van der Waals surface area contributed by atoms with Crippen molar-refractivity contribution in [3.63, 3.8) is 0 Å². The molecule has 2 aliphatic rings. The summed E-state index contributed by atoms with van der Waals surface area (Å²) < 4.78 is 29.9. The largest absolute Gasteiger partial charge is 0.313 e. The van der Waals surface area contributed by atoms with Gasteiger partial charge in [-0.3, -0.25) is 4.79 Å². The van der Waals surface area contributed by atoms with Gasteiger partial charge in [0.15, 0.2) is 0 Å². The summed E-state index contributed by atoms with van der Waals surface area (Å²) in [6.45, 7) is 6.03. The SMILES string of the molecule is CC(=O)C1CC2(C1)CC(c1c(C(C)C)n(-c3ccc(F)cc3)c3cc(F)ccc13)C2. The lowest BCUT2D eigenvalue weighted by Gasteiger charge is -2.57. The average Bonchev–Trinajstić information content (AvgIpc) is 2.94. The van der Waals surface area contributed by atoms with E-state index < -0.39 is 0 Å². The molecule has 1 spiro atoms. The van der Waals surface area contributed by atoms with Crippen molar-refractivity contribution in [1.82, 2.24) is 4.57 Å². The van der Waals surface area contributed by atoms with Crippen LogP contribution in [-0.4, -0.2) is 10.4 Å². The first-order chi connectivity index (χ1) is 14.3. The smallest absolute Gasteiger partial charge is 0.132 e. The molecule has 2 aliphatic carbocycles. The van der Waals surface area contributed by atoms with Gasteiger partial charge in [0, 0.05) is 22.7 Å². The molecule has 0 saturated heterocycles. The molecule has 0 radical (unpaired) electrons. The number of rotatable bonds is 4. The van der Waals surface area contributed by atoms with Crippen LogP contribution in [0.25, 0.3) is 16.6 Å². The zero-order valence-corrected chi connectivity index (χ0v) is 17.7. The second kappa shape index (κ2) is 6.76. The highest BCUT2D eigenvalue weighted by Gasteiger charge is 2.55. The van der Waals surface area contributed by atoms with E-state index in [4.69, 9.17) is 0 Å². The molecule has 4 heteroatoms. The number of hydrogen-bond donors (Lipinski definition) is 0. The minimum Gasteiger partial charge on any atom is -0.313 e. The number of benzene rings is 2. The Morgan fingerprint density at radius 1 is 1.00 bits per heavy atom. The van der Waals surface area contributed by atoms with E-state index in [1.807, 2.05) is 6.07 Å². The van der Waals surface area contributed by atoms with E-state index in [1.165, 1.54) is 29.5 Å². The molecule has 0 bridgehead atoms. The fourth-order valence-electron chi connectivity index (χ4n) is 5.97. The van der Waals surface area contributed by atoms with Crippen LogP contribution in [0.2, 0.25) is 0 Å². The molecule has 0 unspecified atom stereocenters. The van der Waals surface area contributed by atoms with Crippen molar-refractivity contribution in [2.75, 3.05) is 0 Å². The van der Waals surface area contributed by atoms with Gasteiger partial charge in [-0.1, -0.05) is 13.8 Å². The van der Waals surface area contributed by atoms with Crippen LogP contribution in [0.15, 0.2) is 42.5 Å². The van der Waals surface area contributed by atoms with Crippen molar-refractivity contribution >= 4 is 16.7 Å². The van der Waals surface area contributed by atoms with E-state index >= 15 is 0 Å². The number of carbonyl (C=O) groups is 1. The lowest BCUT2D eigenvalue weighted by atomic mass is 9.46. The van der Waals surface area contributed by atoms with Gasteiger partial charge in [-0.05, 0) is 97.9 Å². The maximum Gasteiger partial charge on any atom is 0.132 e. The van der Waals surface area contributed by atoms with Crippen LogP contribution in [0.5, 0.6) is 0 Å². The molecule has 1 aromatic heterocycles. The van der Waals surface area contributed by atoms with Crippen LogP contribution in [0, 0.1) is 23.0 Å². The molecule has 0 N–H and O–H groups in total. The molecule has 0 aliphatic heterocycles. The third kappa shape index (κ3) is 2.91.